The number of anilines is 1. The Morgan fingerprint density at radius 3 is 2.28 bits per heavy atom. The molecule has 3 rings (SSSR count). The first-order chi connectivity index (χ1) is 14.1. The topological polar surface area (TPSA) is 47.6 Å². The molecule has 0 saturated heterocycles. The van der Waals surface area contributed by atoms with Crippen molar-refractivity contribution in [2.45, 2.75) is 26.9 Å². The monoisotopic (exact) mass is 389 g/mol. The summed E-state index contributed by atoms with van der Waals surface area (Å²) in [6.07, 6.45) is 1.01. The fourth-order valence-electron chi connectivity index (χ4n) is 2.76. The van der Waals surface area contributed by atoms with Crippen LogP contribution in [0, 0.1) is 5.92 Å². The van der Waals surface area contributed by atoms with E-state index in [1.54, 1.807) is 6.07 Å². The van der Waals surface area contributed by atoms with Gasteiger partial charge in [0.05, 0.1) is 12.2 Å². The zero-order valence-electron chi connectivity index (χ0n) is 16.9. The SMILES string of the molecule is CC(C)CCOc1ccc(NC(=O)c2ccccc2OCc2ccccc2)cc1. The summed E-state index contributed by atoms with van der Waals surface area (Å²) in [4.78, 5) is 12.8. The number of carbonyl (C=O) groups is 1. The Bertz CT molecular complexity index is 905. The van der Waals surface area contributed by atoms with Crippen LogP contribution in [0.25, 0.3) is 0 Å². The Labute approximate surface area is 172 Å². The molecule has 0 saturated carbocycles. The van der Waals surface area contributed by atoms with Crippen molar-refractivity contribution in [2.75, 3.05) is 11.9 Å². The molecule has 3 aromatic rings. The van der Waals surface area contributed by atoms with Gasteiger partial charge in [-0.1, -0.05) is 56.3 Å². The number of ether oxygens (including phenoxy) is 2. The van der Waals surface area contributed by atoms with Crippen LogP contribution in [-0.4, -0.2) is 12.5 Å². The predicted molar refractivity (Wildman–Crippen MR) is 117 cm³/mol. The number of rotatable bonds is 9. The lowest BCUT2D eigenvalue weighted by molar-refractivity contribution is 0.102. The minimum atomic E-state index is -0.206. The van der Waals surface area contributed by atoms with Crippen molar-refractivity contribution in [3.05, 3.63) is 90.0 Å². The van der Waals surface area contributed by atoms with Gasteiger partial charge in [-0.3, -0.25) is 4.79 Å². The Morgan fingerprint density at radius 1 is 0.862 bits per heavy atom. The van der Waals surface area contributed by atoms with E-state index in [1.807, 2.05) is 72.8 Å². The second-order valence-electron chi connectivity index (χ2n) is 7.28. The van der Waals surface area contributed by atoms with Crippen LogP contribution in [0.2, 0.25) is 0 Å². The molecule has 3 aromatic carbocycles. The fourth-order valence-corrected chi connectivity index (χ4v) is 2.76. The average molecular weight is 389 g/mol. The molecule has 4 nitrogen and oxygen atoms in total. The van der Waals surface area contributed by atoms with Gasteiger partial charge in [-0.05, 0) is 54.3 Å². The van der Waals surface area contributed by atoms with Gasteiger partial charge in [-0.15, -0.1) is 0 Å². The number of benzene rings is 3. The van der Waals surface area contributed by atoms with Crippen LogP contribution >= 0.6 is 0 Å². The average Bonchev–Trinajstić information content (AvgIpc) is 2.74. The maximum atomic E-state index is 12.8. The summed E-state index contributed by atoms with van der Waals surface area (Å²) in [5.74, 6) is 1.76. The summed E-state index contributed by atoms with van der Waals surface area (Å²) < 4.78 is 11.6. The van der Waals surface area contributed by atoms with Gasteiger partial charge in [-0.2, -0.15) is 0 Å². The lowest BCUT2D eigenvalue weighted by Crippen LogP contribution is -2.13. The Hall–Kier alpha value is -3.27. The van der Waals surface area contributed by atoms with Crippen molar-refractivity contribution < 1.29 is 14.3 Å². The van der Waals surface area contributed by atoms with Crippen LogP contribution in [-0.2, 0) is 6.61 Å². The molecular weight excluding hydrogens is 362 g/mol. The van der Waals surface area contributed by atoms with Crippen LogP contribution in [0.15, 0.2) is 78.9 Å². The number of para-hydroxylation sites is 1. The lowest BCUT2D eigenvalue weighted by Gasteiger charge is -2.12. The van der Waals surface area contributed by atoms with E-state index in [0.717, 1.165) is 17.7 Å². The number of hydrogen-bond donors (Lipinski definition) is 1. The second kappa shape index (κ2) is 10.3. The molecule has 0 heterocycles. The van der Waals surface area contributed by atoms with Crippen LogP contribution in [0.5, 0.6) is 11.5 Å². The highest BCUT2D eigenvalue weighted by Gasteiger charge is 2.12. The molecule has 0 radical (unpaired) electrons. The Balaban J connectivity index is 1.60. The van der Waals surface area contributed by atoms with E-state index >= 15 is 0 Å². The molecule has 4 heteroatoms. The smallest absolute Gasteiger partial charge is 0.259 e. The third kappa shape index (κ3) is 6.39. The van der Waals surface area contributed by atoms with Crippen molar-refractivity contribution in [2.24, 2.45) is 5.92 Å². The highest BCUT2D eigenvalue weighted by molar-refractivity contribution is 6.06. The zero-order chi connectivity index (χ0) is 20.5. The number of carbonyl (C=O) groups excluding carboxylic acids is 1. The van der Waals surface area contributed by atoms with Crippen molar-refractivity contribution in [1.29, 1.82) is 0 Å². The van der Waals surface area contributed by atoms with Crippen molar-refractivity contribution in [3.8, 4) is 11.5 Å². The maximum absolute atomic E-state index is 12.8. The summed E-state index contributed by atoms with van der Waals surface area (Å²) in [7, 11) is 0. The summed E-state index contributed by atoms with van der Waals surface area (Å²) >= 11 is 0. The van der Waals surface area contributed by atoms with Gasteiger partial charge in [-0.25, -0.2) is 0 Å². The molecule has 0 spiro atoms. The molecular formula is C25H27NO3. The van der Waals surface area contributed by atoms with Gasteiger partial charge in [0.15, 0.2) is 0 Å². The van der Waals surface area contributed by atoms with Gasteiger partial charge < -0.3 is 14.8 Å². The van der Waals surface area contributed by atoms with E-state index in [-0.39, 0.29) is 5.91 Å². The normalized spacial score (nSPS) is 10.6. The third-order valence-electron chi connectivity index (χ3n) is 4.44. The summed E-state index contributed by atoms with van der Waals surface area (Å²) in [5.41, 5.74) is 2.26. The van der Waals surface area contributed by atoms with Crippen LogP contribution in [0.4, 0.5) is 5.69 Å². The first-order valence-corrected chi connectivity index (χ1v) is 9.92. The van der Waals surface area contributed by atoms with Crippen molar-refractivity contribution in [1.82, 2.24) is 0 Å². The molecule has 0 fully saturated rings. The van der Waals surface area contributed by atoms with E-state index in [1.165, 1.54) is 0 Å². The van der Waals surface area contributed by atoms with Gasteiger partial charge in [0, 0.05) is 5.69 Å². The molecule has 29 heavy (non-hydrogen) atoms. The van der Waals surface area contributed by atoms with Gasteiger partial charge in [0.25, 0.3) is 5.91 Å². The third-order valence-corrected chi connectivity index (χ3v) is 4.44. The molecule has 1 amide bonds. The van der Waals surface area contributed by atoms with Crippen LogP contribution in [0.1, 0.15) is 36.2 Å². The highest BCUT2D eigenvalue weighted by atomic mass is 16.5. The summed E-state index contributed by atoms with van der Waals surface area (Å²) in [6.45, 7) is 5.44. The molecule has 0 aliphatic heterocycles. The van der Waals surface area contributed by atoms with Crippen LogP contribution < -0.4 is 14.8 Å². The largest absolute Gasteiger partial charge is 0.494 e. The number of nitrogens with one attached hydrogen (secondary N) is 1. The Kier molecular flexibility index (Phi) is 7.28. The molecule has 0 unspecified atom stereocenters. The van der Waals surface area contributed by atoms with E-state index < -0.39 is 0 Å². The van der Waals surface area contributed by atoms with Crippen LogP contribution in [0.3, 0.4) is 0 Å². The predicted octanol–water partition coefficient (Wildman–Crippen LogP) is 5.94. The maximum Gasteiger partial charge on any atom is 0.259 e. The summed E-state index contributed by atoms with van der Waals surface area (Å²) in [6, 6.07) is 24.6. The molecule has 150 valence electrons. The molecule has 0 bridgehead atoms. The number of amides is 1. The van der Waals surface area contributed by atoms with Gasteiger partial charge >= 0.3 is 0 Å². The standard InChI is InChI=1S/C25H27NO3/c1-19(2)16-17-28-22-14-12-21(13-15-22)26-25(27)23-10-6-7-11-24(23)29-18-20-8-4-3-5-9-20/h3-15,19H,16-18H2,1-2H3,(H,26,27). The number of hydrogen-bond acceptors (Lipinski definition) is 3. The molecule has 0 aromatic heterocycles. The molecule has 0 aliphatic rings. The highest BCUT2D eigenvalue weighted by Crippen LogP contribution is 2.22. The van der Waals surface area contributed by atoms with Gasteiger partial charge in [0.1, 0.15) is 18.1 Å². The second-order valence-corrected chi connectivity index (χ2v) is 7.28. The minimum Gasteiger partial charge on any atom is -0.494 e. The quantitative estimate of drug-likeness (QED) is 0.492. The van der Waals surface area contributed by atoms with Crippen molar-refractivity contribution >= 4 is 11.6 Å². The summed E-state index contributed by atoms with van der Waals surface area (Å²) in [5, 5.41) is 2.92. The van der Waals surface area contributed by atoms with E-state index in [2.05, 4.69) is 19.2 Å². The molecule has 0 atom stereocenters. The minimum absolute atomic E-state index is 0.206. The van der Waals surface area contributed by atoms with E-state index in [4.69, 9.17) is 9.47 Å². The van der Waals surface area contributed by atoms with E-state index in [0.29, 0.717) is 36.1 Å². The van der Waals surface area contributed by atoms with Crippen molar-refractivity contribution in [3.63, 3.8) is 0 Å². The molecule has 1 N–H and O–H groups in total. The first kappa shape index (κ1) is 20.5. The zero-order valence-corrected chi connectivity index (χ0v) is 16.9. The Morgan fingerprint density at radius 2 is 1.55 bits per heavy atom. The first-order valence-electron chi connectivity index (χ1n) is 9.92. The van der Waals surface area contributed by atoms with E-state index in [9.17, 15) is 4.79 Å². The van der Waals surface area contributed by atoms with Gasteiger partial charge in [0.2, 0.25) is 0 Å². The lowest BCUT2D eigenvalue weighted by atomic mass is 10.1. The molecule has 0 aliphatic carbocycles. The fraction of sp³-hybridized carbons (Fsp3) is 0.240.